The van der Waals surface area contributed by atoms with Crippen LogP contribution in [0.4, 0.5) is 19.1 Å². The van der Waals surface area contributed by atoms with Crippen molar-refractivity contribution in [3.05, 3.63) is 35.2 Å². The van der Waals surface area contributed by atoms with Gasteiger partial charge in [-0.25, -0.2) is 8.42 Å². The summed E-state index contributed by atoms with van der Waals surface area (Å²) in [6.45, 7) is 2.71. The van der Waals surface area contributed by atoms with Crippen LogP contribution in [0.25, 0.3) is 0 Å². The Labute approximate surface area is 164 Å². The van der Waals surface area contributed by atoms with Crippen LogP contribution in [0.2, 0.25) is 0 Å². The highest BCUT2D eigenvalue weighted by molar-refractivity contribution is 7.89. The monoisotopic (exact) mass is 433 g/mol. The minimum absolute atomic E-state index is 0.0273. The van der Waals surface area contributed by atoms with Gasteiger partial charge in [-0.15, -0.1) is 5.10 Å². The number of ether oxygens (including phenoxy) is 1. The summed E-state index contributed by atoms with van der Waals surface area (Å²) >= 11 is 0. The number of halogens is 3. The molecule has 2 aromatic rings. The number of alkyl halides is 3. The normalized spacial score (nSPS) is 16.0. The van der Waals surface area contributed by atoms with Gasteiger partial charge in [0.25, 0.3) is 5.91 Å². The van der Waals surface area contributed by atoms with Crippen molar-refractivity contribution in [1.82, 2.24) is 19.5 Å². The average molecular weight is 433 g/mol. The molecule has 0 unspecified atom stereocenters. The van der Waals surface area contributed by atoms with Crippen molar-refractivity contribution in [1.29, 1.82) is 0 Å². The van der Waals surface area contributed by atoms with Gasteiger partial charge >= 0.3 is 6.18 Å². The third kappa shape index (κ3) is 4.57. The largest absolute Gasteiger partial charge is 0.451 e. The Kier molecular flexibility index (Phi) is 5.91. The number of carbonyl (C=O) groups is 1. The van der Waals surface area contributed by atoms with Gasteiger partial charge < -0.3 is 4.74 Å². The van der Waals surface area contributed by atoms with E-state index < -0.39 is 33.9 Å². The van der Waals surface area contributed by atoms with Crippen molar-refractivity contribution in [2.24, 2.45) is 0 Å². The van der Waals surface area contributed by atoms with Crippen molar-refractivity contribution < 1.29 is 31.1 Å². The molecule has 0 bridgehead atoms. The zero-order chi connectivity index (χ0) is 21.2. The number of carbonyl (C=O) groups excluding carboxylic acids is 1. The molecule has 158 valence electrons. The van der Waals surface area contributed by atoms with Gasteiger partial charge in [0.05, 0.1) is 18.1 Å². The average Bonchev–Trinajstić information content (AvgIpc) is 3.17. The molecule has 1 amide bonds. The molecule has 3 rings (SSSR count). The summed E-state index contributed by atoms with van der Waals surface area (Å²) in [5.41, 5.74) is 0.470. The first-order valence-electron chi connectivity index (χ1n) is 8.64. The fourth-order valence-electron chi connectivity index (χ4n) is 2.77. The molecule has 0 atom stereocenters. The van der Waals surface area contributed by atoms with E-state index >= 15 is 0 Å². The molecule has 29 heavy (non-hydrogen) atoms. The quantitative estimate of drug-likeness (QED) is 0.741. The highest BCUT2D eigenvalue weighted by atomic mass is 32.2. The van der Waals surface area contributed by atoms with E-state index in [1.165, 1.54) is 22.5 Å². The molecule has 2 N–H and O–H groups in total. The highest BCUT2D eigenvalue weighted by Crippen LogP contribution is 2.27. The fraction of sp³-hybridized carbons (Fsp3) is 0.438. The molecule has 9 nitrogen and oxygen atoms in total. The number of benzene rings is 1. The molecule has 0 radical (unpaired) electrons. The molecule has 2 heterocycles. The van der Waals surface area contributed by atoms with Gasteiger partial charge in [0, 0.05) is 18.7 Å². The van der Waals surface area contributed by atoms with Crippen LogP contribution in [0.3, 0.4) is 0 Å². The zero-order valence-electron chi connectivity index (χ0n) is 15.3. The number of nitrogens with one attached hydrogen (secondary N) is 2. The predicted molar refractivity (Wildman–Crippen MR) is 94.7 cm³/mol. The van der Waals surface area contributed by atoms with Crippen molar-refractivity contribution in [2.75, 3.05) is 31.6 Å². The molecule has 0 saturated carbocycles. The van der Waals surface area contributed by atoms with E-state index in [-0.39, 0.29) is 36.8 Å². The van der Waals surface area contributed by atoms with Crippen LogP contribution in [0.5, 0.6) is 0 Å². The summed E-state index contributed by atoms with van der Waals surface area (Å²) in [5, 5.41) is 7.11. The Balaban J connectivity index is 1.88. The lowest BCUT2D eigenvalue weighted by Gasteiger charge is -2.27. The summed E-state index contributed by atoms with van der Waals surface area (Å²) in [5.74, 6) is -2.76. The number of hydrogen-bond acceptors (Lipinski definition) is 6. The first-order valence-corrected chi connectivity index (χ1v) is 10.1. The summed E-state index contributed by atoms with van der Waals surface area (Å²) < 4.78 is 70.2. The number of H-pyrrole nitrogens is 1. The second-order valence-corrected chi connectivity index (χ2v) is 8.06. The lowest BCUT2D eigenvalue weighted by atomic mass is 10.1. The second kappa shape index (κ2) is 8.08. The molecule has 1 fully saturated rings. The van der Waals surface area contributed by atoms with Crippen LogP contribution in [0, 0.1) is 0 Å². The Morgan fingerprint density at radius 3 is 2.59 bits per heavy atom. The molecule has 13 heteroatoms. The SMILES string of the molecule is CCc1ccc(C(=O)Nc2n[nH]c(C(F)(F)F)n2)cc1S(=O)(=O)N1CCOCC1. The molecular formula is C16H18F3N5O4S. The van der Waals surface area contributed by atoms with Gasteiger partial charge in [-0.05, 0) is 24.1 Å². The summed E-state index contributed by atoms with van der Waals surface area (Å²) in [6, 6.07) is 4.10. The molecule has 0 aliphatic carbocycles. The lowest BCUT2D eigenvalue weighted by molar-refractivity contribution is -0.144. The Bertz CT molecular complexity index is 1000. The third-order valence-electron chi connectivity index (χ3n) is 4.28. The third-order valence-corrected chi connectivity index (χ3v) is 6.26. The number of aromatic nitrogens is 3. The molecule has 0 spiro atoms. The number of amides is 1. The Morgan fingerprint density at radius 2 is 2.00 bits per heavy atom. The van der Waals surface area contributed by atoms with Gasteiger partial charge in [-0.2, -0.15) is 22.5 Å². The number of anilines is 1. The molecule has 1 aromatic heterocycles. The van der Waals surface area contributed by atoms with Gasteiger partial charge in [-0.1, -0.05) is 13.0 Å². The molecular weight excluding hydrogens is 415 g/mol. The topological polar surface area (TPSA) is 117 Å². The Morgan fingerprint density at radius 1 is 1.31 bits per heavy atom. The maximum absolute atomic E-state index is 13.0. The van der Waals surface area contributed by atoms with E-state index in [0.29, 0.717) is 12.0 Å². The van der Waals surface area contributed by atoms with E-state index in [9.17, 15) is 26.4 Å². The number of rotatable bonds is 5. The van der Waals surface area contributed by atoms with Crippen LogP contribution in [-0.4, -0.2) is 60.1 Å². The number of aryl methyl sites for hydroxylation is 1. The summed E-state index contributed by atoms with van der Waals surface area (Å²) in [4.78, 5) is 15.5. The molecule has 1 saturated heterocycles. The van der Waals surface area contributed by atoms with Crippen molar-refractivity contribution >= 4 is 21.9 Å². The van der Waals surface area contributed by atoms with Gasteiger partial charge in [-0.3, -0.25) is 15.2 Å². The van der Waals surface area contributed by atoms with Crippen LogP contribution < -0.4 is 5.32 Å². The minimum Gasteiger partial charge on any atom is -0.379 e. The number of hydrogen-bond donors (Lipinski definition) is 2. The first-order chi connectivity index (χ1) is 13.6. The summed E-state index contributed by atoms with van der Waals surface area (Å²) in [7, 11) is -3.86. The fourth-order valence-corrected chi connectivity index (χ4v) is 4.50. The highest BCUT2D eigenvalue weighted by Gasteiger charge is 2.35. The molecule has 1 aliphatic heterocycles. The number of aromatic amines is 1. The number of morpholine rings is 1. The number of nitrogens with zero attached hydrogens (tertiary/aromatic N) is 3. The van der Waals surface area contributed by atoms with E-state index in [2.05, 4.69) is 15.4 Å². The van der Waals surface area contributed by atoms with Crippen molar-refractivity contribution in [3.8, 4) is 0 Å². The maximum atomic E-state index is 13.0. The maximum Gasteiger partial charge on any atom is 0.451 e. The van der Waals surface area contributed by atoms with Gasteiger partial charge in [0.2, 0.25) is 21.8 Å². The predicted octanol–water partition coefficient (Wildman–Crippen LogP) is 1.66. The number of sulfonamides is 1. The second-order valence-electron chi connectivity index (χ2n) is 6.15. The van der Waals surface area contributed by atoms with E-state index in [0.717, 1.165) is 0 Å². The van der Waals surface area contributed by atoms with Crippen LogP contribution in [0.15, 0.2) is 23.1 Å². The van der Waals surface area contributed by atoms with Crippen LogP contribution in [0.1, 0.15) is 28.7 Å². The first kappa shape index (κ1) is 21.2. The standard InChI is InChI=1S/C16H18F3N5O4S/c1-2-10-3-4-11(9-12(10)29(26,27)24-5-7-28-8-6-24)13(25)20-15-21-14(22-23-15)16(17,18)19/h3-4,9H,2,5-8H2,1H3,(H2,20,21,22,23,25). The minimum atomic E-state index is -4.74. The smallest absolute Gasteiger partial charge is 0.379 e. The van der Waals surface area contributed by atoms with Crippen molar-refractivity contribution in [3.63, 3.8) is 0 Å². The summed E-state index contributed by atoms with van der Waals surface area (Å²) in [6.07, 6.45) is -4.32. The van der Waals surface area contributed by atoms with E-state index in [4.69, 9.17) is 4.74 Å². The van der Waals surface area contributed by atoms with E-state index in [1.54, 1.807) is 12.0 Å². The Hall–Kier alpha value is -2.51. The zero-order valence-corrected chi connectivity index (χ0v) is 16.1. The van der Waals surface area contributed by atoms with Gasteiger partial charge in [0.1, 0.15) is 0 Å². The molecule has 1 aliphatic rings. The van der Waals surface area contributed by atoms with Crippen LogP contribution in [-0.2, 0) is 27.4 Å². The van der Waals surface area contributed by atoms with Crippen LogP contribution >= 0.6 is 0 Å². The van der Waals surface area contributed by atoms with Crippen molar-refractivity contribution in [2.45, 2.75) is 24.4 Å². The molecule has 1 aromatic carbocycles. The van der Waals surface area contributed by atoms with E-state index in [1.807, 2.05) is 0 Å². The van der Waals surface area contributed by atoms with Gasteiger partial charge in [0.15, 0.2) is 0 Å². The lowest BCUT2D eigenvalue weighted by Crippen LogP contribution is -2.41.